The topological polar surface area (TPSA) is 46.4 Å². The lowest BCUT2D eigenvalue weighted by atomic mass is 10.1. The van der Waals surface area contributed by atoms with Gasteiger partial charge in [0.05, 0.1) is 4.92 Å². The first-order valence-electron chi connectivity index (χ1n) is 5.72. The van der Waals surface area contributed by atoms with E-state index >= 15 is 0 Å². The summed E-state index contributed by atoms with van der Waals surface area (Å²) in [6.45, 7) is 5.63. The van der Waals surface area contributed by atoms with Crippen molar-refractivity contribution in [3.63, 3.8) is 0 Å². The Morgan fingerprint density at radius 3 is 2.59 bits per heavy atom. The van der Waals surface area contributed by atoms with Crippen molar-refractivity contribution in [2.75, 3.05) is 18.0 Å². The maximum atomic E-state index is 11.1. The van der Waals surface area contributed by atoms with Crippen LogP contribution in [0.4, 0.5) is 11.4 Å². The molecule has 0 aliphatic carbocycles. The smallest absolute Gasteiger partial charge is 0.292 e. The van der Waals surface area contributed by atoms with Crippen LogP contribution in [0.3, 0.4) is 0 Å². The number of alkyl halides is 1. The summed E-state index contributed by atoms with van der Waals surface area (Å²) >= 11 is 5.69. The number of rotatable bonds is 6. The predicted molar refractivity (Wildman–Crippen MR) is 70.8 cm³/mol. The van der Waals surface area contributed by atoms with Gasteiger partial charge in [-0.2, -0.15) is 0 Å². The fourth-order valence-electron chi connectivity index (χ4n) is 1.78. The summed E-state index contributed by atoms with van der Waals surface area (Å²) < 4.78 is 0. The van der Waals surface area contributed by atoms with Gasteiger partial charge < -0.3 is 4.90 Å². The van der Waals surface area contributed by atoms with E-state index < -0.39 is 0 Å². The van der Waals surface area contributed by atoms with Gasteiger partial charge in [0.1, 0.15) is 5.69 Å². The van der Waals surface area contributed by atoms with Gasteiger partial charge in [0.2, 0.25) is 0 Å². The van der Waals surface area contributed by atoms with Crippen LogP contribution in [0.2, 0.25) is 0 Å². The van der Waals surface area contributed by atoms with E-state index in [1.165, 1.54) is 0 Å². The molecule has 0 spiro atoms. The molecule has 0 fully saturated rings. The molecule has 0 aliphatic rings. The Bertz CT molecular complexity index is 396. The number of hydrogen-bond acceptors (Lipinski definition) is 3. The average molecular weight is 257 g/mol. The molecule has 0 bridgehead atoms. The number of hydrogen-bond donors (Lipinski definition) is 0. The Balaban J connectivity index is 3.16. The molecule has 1 aromatic carbocycles. The molecular weight excluding hydrogens is 240 g/mol. The van der Waals surface area contributed by atoms with Crippen molar-refractivity contribution in [3.05, 3.63) is 33.9 Å². The fourth-order valence-corrected chi connectivity index (χ4v) is 1.95. The third-order valence-corrected chi connectivity index (χ3v) is 2.92. The van der Waals surface area contributed by atoms with Gasteiger partial charge in [0, 0.05) is 25.0 Å². The van der Waals surface area contributed by atoms with Crippen LogP contribution in [0, 0.1) is 10.1 Å². The number of nitro groups is 1. The molecule has 5 heteroatoms. The van der Waals surface area contributed by atoms with E-state index in [1.54, 1.807) is 12.1 Å². The number of nitro benzene ring substituents is 1. The molecule has 1 rings (SSSR count). The van der Waals surface area contributed by atoms with Crippen molar-refractivity contribution in [3.8, 4) is 0 Å². The molecule has 0 saturated carbocycles. The third kappa shape index (κ3) is 3.33. The highest BCUT2D eigenvalue weighted by molar-refractivity contribution is 6.17. The van der Waals surface area contributed by atoms with Crippen LogP contribution in [0.5, 0.6) is 0 Å². The zero-order valence-corrected chi connectivity index (χ0v) is 10.9. The molecule has 1 aromatic rings. The van der Waals surface area contributed by atoms with Crippen molar-refractivity contribution in [2.45, 2.75) is 26.1 Å². The number of nitrogens with zero attached hydrogens (tertiary/aromatic N) is 2. The van der Waals surface area contributed by atoms with Gasteiger partial charge in [-0.25, -0.2) is 0 Å². The van der Waals surface area contributed by atoms with E-state index in [4.69, 9.17) is 11.6 Å². The molecule has 0 radical (unpaired) electrons. The van der Waals surface area contributed by atoms with Crippen LogP contribution >= 0.6 is 11.6 Å². The molecule has 0 unspecified atom stereocenters. The van der Waals surface area contributed by atoms with Crippen LogP contribution < -0.4 is 4.90 Å². The van der Waals surface area contributed by atoms with E-state index in [9.17, 15) is 10.1 Å². The number of anilines is 1. The highest BCUT2D eigenvalue weighted by Crippen LogP contribution is 2.29. The largest absolute Gasteiger partial charge is 0.366 e. The second-order valence-electron chi connectivity index (χ2n) is 3.79. The second-order valence-corrected chi connectivity index (χ2v) is 4.06. The van der Waals surface area contributed by atoms with Crippen molar-refractivity contribution in [2.24, 2.45) is 0 Å². The summed E-state index contributed by atoms with van der Waals surface area (Å²) in [6.07, 6.45) is 0.961. The minimum atomic E-state index is -0.344. The molecule has 0 N–H and O–H groups in total. The molecule has 0 saturated heterocycles. The summed E-state index contributed by atoms with van der Waals surface area (Å²) in [6, 6.07) is 5.18. The van der Waals surface area contributed by atoms with Crippen molar-refractivity contribution >= 4 is 23.0 Å². The van der Waals surface area contributed by atoms with Gasteiger partial charge in [-0.15, -0.1) is 11.6 Å². The molecule has 0 aromatic heterocycles. The Hall–Kier alpha value is -1.29. The molecule has 4 nitrogen and oxygen atoms in total. The number of halogens is 1. The molecule has 0 heterocycles. The Morgan fingerprint density at radius 1 is 1.41 bits per heavy atom. The van der Waals surface area contributed by atoms with E-state index in [2.05, 4.69) is 6.92 Å². The standard InChI is InChI=1S/C12H17ClN2O2/c1-3-7-14(4-2)11-6-5-10(9-13)8-12(11)15(16)17/h5-6,8H,3-4,7,9H2,1-2H3. The Kier molecular flexibility index (Phi) is 5.22. The van der Waals surface area contributed by atoms with Crippen LogP contribution in [-0.4, -0.2) is 18.0 Å². The van der Waals surface area contributed by atoms with Gasteiger partial charge >= 0.3 is 0 Å². The normalized spacial score (nSPS) is 10.3. The van der Waals surface area contributed by atoms with Gasteiger partial charge in [0.15, 0.2) is 0 Å². The first kappa shape index (κ1) is 13.8. The SMILES string of the molecule is CCCN(CC)c1ccc(CCl)cc1[N+](=O)[O-]. The summed E-state index contributed by atoms with van der Waals surface area (Å²) in [5, 5.41) is 11.1. The monoisotopic (exact) mass is 256 g/mol. The van der Waals surface area contributed by atoms with Gasteiger partial charge in [-0.1, -0.05) is 13.0 Å². The second kappa shape index (κ2) is 6.45. The minimum Gasteiger partial charge on any atom is -0.366 e. The van der Waals surface area contributed by atoms with Gasteiger partial charge in [-0.05, 0) is 25.0 Å². The van der Waals surface area contributed by atoms with Crippen molar-refractivity contribution < 1.29 is 4.92 Å². The highest BCUT2D eigenvalue weighted by Gasteiger charge is 2.18. The lowest BCUT2D eigenvalue weighted by molar-refractivity contribution is -0.384. The molecule has 0 amide bonds. The molecule has 0 aliphatic heterocycles. The first-order chi connectivity index (χ1) is 8.13. The fraction of sp³-hybridized carbons (Fsp3) is 0.500. The third-order valence-electron chi connectivity index (χ3n) is 2.61. The zero-order chi connectivity index (χ0) is 12.8. The highest BCUT2D eigenvalue weighted by atomic mass is 35.5. The Labute approximate surface area is 106 Å². The maximum absolute atomic E-state index is 11.1. The predicted octanol–water partition coefficient (Wildman–Crippen LogP) is 3.57. The van der Waals surface area contributed by atoms with Crippen LogP contribution in [0.25, 0.3) is 0 Å². The van der Waals surface area contributed by atoms with E-state index in [0.717, 1.165) is 25.1 Å². The summed E-state index contributed by atoms with van der Waals surface area (Å²) in [5.41, 5.74) is 1.58. The minimum absolute atomic E-state index is 0.137. The average Bonchev–Trinajstić information content (AvgIpc) is 2.35. The van der Waals surface area contributed by atoms with E-state index in [1.807, 2.05) is 17.9 Å². The van der Waals surface area contributed by atoms with E-state index in [0.29, 0.717) is 11.6 Å². The van der Waals surface area contributed by atoms with Gasteiger partial charge in [0.25, 0.3) is 5.69 Å². The lowest BCUT2D eigenvalue weighted by Crippen LogP contribution is -2.24. The van der Waals surface area contributed by atoms with Crippen molar-refractivity contribution in [1.82, 2.24) is 0 Å². The molecule has 0 atom stereocenters. The van der Waals surface area contributed by atoms with Crippen LogP contribution in [0.1, 0.15) is 25.8 Å². The molecule has 94 valence electrons. The molecule has 17 heavy (non-hydrogen) atoms. The summed E-state index contributed by atoms with van der Waals surface area (Å²) in [7, 11) is 0. The summed E-state index contributed by atoms with van der Waals surface area (Å²) in [4.78, 5) is 12.7. The maximum Gasteiger partial charge on any atom is 0.292 e. The van der Waals surface area contributed by atoms with E-state index in [-0.39, 0.29) is 10.6 Å². The quantitative estimate of drug-likeness (QED) is 0.444. The summed E-state index contributed by atoms with van der Waals surface area (Å²) in [5.74, 6) is 0.293. The number of benzene rings is 1. The zero-order valence-electron chi connectivity index (χ0n) is 10.1. The first-order valence-corrected chi connectivity index (χ1v) is 6.25. The van der Waals surface area contributed by atoms with Crippen LogP contribution in [-0.2, 0) is 5.88 Å². The molecular formula is C12H17ClN2O2. The van der Waals surface area contributed by atoms with Crippen LogP contribution in [0.15, 0.2) is 18.2 Å². The van der Waals surface area contributed by atoms with Gasteiger partial charge in [-0.3, -0.25) is 10.1 Å². The lowest BCUT2D eigenvalue weighted by Gasteiger charge is -2.22. The van der Waals surface area contributed by atoms with Crippen molar-refractivity contribution in [1.29, 1.82) is 0 Å². The Morgan fingerprint density at radius 2 is 2.12 bits per heavy atom.